The summed E-state index contributed by atoms with van der Waals surface area (Å²) in [5.41, 5.74) is 0. The zero-order valence-electron chi connectivity index (χ0n) is 47.8. The van der Waals surface area contributed by atoms with Crippen LogP contribution in [-0.2, 0) is 33.3 Å². The van der Waals surface area contributed by atoms with E-state index in [-0.39, 0.29) is 38.6 Å². The molecule has 0 rings (SSSR count). The zero-order chi connectivity index (χ0) is 53.4. The van der Waals surface area contributed by atoms with Crippen LogP contribution in [-0.4, -0.2) is 87.4 Å². The molecule has 2 atom stereocenters. The maximum Gasteiger partial charge on any atom is 0.361 e. The number of carbonyl (C=O) groups is 3. The molecule has 73 heavy (non-hydrogen) atoms. The first-order valence-corrected chi connectivity index (χ1v) is 29.8. The third-order valence-corrected chi connectivity index (χ3v) is 12.6. The van der Waals surface area contributed by atoms with Crippen molar-refractivity contribution in [3.63, 3.8) is 0 Å². The summed E-state index contributed by atoms with van der Waals surface area (Å²) in [5.74, 6) is -2.02. The summed E-state index contributed by atoms with van der Waals surface area (Å²) in [6.45, 7) is 4.73. The molecule has 2 unspecified atom stereocenters. The minimum atomic E-state index is -1.52. The number of ether oxygens (including phenoxy) is 4. The van der Waals surface area contributed by atoms with Crippen LogP contribution in [0.1, 0.15) is 245 Å². The van der Waals surface area contributed by atoms with Gasteiger partial charge in [-0.25, -0.2) is 4.79 Å². The Morgan fingerprint density at radius 2 is 0.781 bits per heavy atom. The highest BCUT2D eigenvalue weighted by atomic mass is 16.7. The van der Waals surface area contributed by atoms with Gasteiger partial charge >= 0.3 is 17.9 Å². The molecule has 0 radical (unpaired) electrons. The Morgan fingerprint density at radius 3 is 1.16 bits per heavy atom. The molecule has 0 fully saturated rings. The molecule has 1 N–H and O–H groups in total. The monoisotopic (exact) mass is 1020 g/mol. The highest BCUT2D eigenvalue weighted by Crippen LogP contribution is 2.16. The number of quaternary nitrogens is 1. The molecule has 420 valence electrons. The van der Waals surface area contributed by atoms with Crippen LogP contribution < -0.4 is 0 Å². The van der Waals surface area contributed by atoms with Crippen molar-refractivity contribution < 1.29 is 42.9 Å². The van der Waals surface area contributed by atoms with Gasteiger partial charge in [0.1, 0.15) is 13.2 Å². The lowest BCUT2D eigenvalue weighted by molar-refractivity contribution is -0.870. The molecule has 0 aliphatic rings. The molecule has 0 heterocycles. The van der Waals surface area contributed by atoms with E-state index in [4.69, 9.17) is 18.9 Å². The molecule has 0 aromatic heterocycles. The summed E-state index contributed by atoms with van der Waals surface area (Å²) in [6.07, 6.45) is 69.6. The van der Waals surface area contributed by atoms with Crippen molar-refractivity contribution in [2.45, 2.75) is 257 Å². The van der Waals surface area contributed by atoms with Gasteiger partial charge in [-0.05, 0) is 89.9 Å². The fourth-order valence-electron chi connectivity index (χ4n) is 8.07. The molecule has 0 amide bonds. The topological polar surface area (TPSA) is 108 Å². The molecule has 0 aromatic carbocycles. The third-order valence-electron chi connectivity index (χ3n) is 12.6. The Kier molecular flexibility index (Phi) is 52.1. The van der Waals surface area contributed by atoms with Gasteiger partial charge in [-0.3, -0.25) is 9.59 Å². The van der Waals surface area contributed by atoms with Gasteiger partial charge in [-0.15, -0.1) is 0 Å². The van der Waals surface area contributed by atoms with E-state index in [0.29, 0.717) is 11.0 Å². The molecule has 0 bridgehead atoms. The van der Waals surface area contributed by atoms with Gasteiger partial charge in [0.25, 0.3) is 6.29 Å². The summed E-state index contributed by atoms with van der Waals surface area (Å²) in [5, 5.41) is 9.70. The van der Waals surface area contributed by atoms with Crippen molar-refractivity contribution in [2.75, 3.05) is 47.5 Å². The molecule has 0 aliphatic heterocycles. The minimum Gasteiger partial charge on any atom is -0.477 e. The number of carboxylic acid groups (broad SMARTS) is 1. The van der Waals surface area contributed by atoms with Crippen LogP contribution in [0.4, 0.5) is 0 Å². The van der Waals surface area contributed by atoms with Crippen molar-refractivity contribution in [3.05, 3.63) is 85.1 Å². The number of hydrogen-bond acceptors (Lipinski definition) is 7. The molecule has 0 saturated heterocycles. The largest absolute Gasteiger partial charge is 0.477 e. The number of esters is 2. The molecular formula is C64H112NO8+. The fourth-order valence-corrected chi connectivity index (χ4v) is 8.07. The van der Waals surface area contributed by atoms with Crippen LogP contribution in [0, 0.1) is 0 Å². The maximum absolute atomic E-state index is 12.9. The van der Waals surface area contributed by atoms with E-state index in [0.717, 1.165) is 96.3 Å². The Hall–Kier alpha value is -3.53. The van der Waals surface area contributed by atoms with E-state index in [1.165, 1.54) is 122 Å². The van der Waals surface area contributed by atoms with Gasteiger partial charge in [0.15, 0.2) is 6.10 Å². The van der Waals surface area contributed by atoms with Crippen LogP contribution >= 0.6 is 0 Å². The van der Waals surface area contributed by atoms with Gasteiger partial charge in [0.2, 0.25) is 0 Å². The van der Waals surface area contributed by atoms with E-state index < -0.39 is 24.3 Å². The number of nitrogens with zero attached hydrogens (tertiary/aromatic N) is 1. The van der Waals surface area contributed by atoms with Gasteiger partial charge in [0.05, 0.1) is 34.4 Å². The van der Waals surface area contributed by atoms with Crippen LogP contribution in [0.2, 0.25) is 0 Å². The molecule has 0 aromatic rings. The van der Waals surface area contributed by atoms with Crippen molar-refractivity contribution in [1.29, 1.82) is 0 Å². The number of carboxylic acids is 1. The summed E-state index contributed by atoms with van der Waals surface area (Å²) >= 11 is 0. The molecular weight excluding hydrogens is 911 g/mol. The van der Waals surface area contributed by atoms with Crippen LogP contribution in [0.5, 0.6) is 0 Å². The average molecular weight is 1020 g/mol. The highest BCUT2D eigenvalue weighted by molar-refractivity contribution is 5.71. The highest BCUT2D eigenvalue weighted by Gasteiger charge is 2.25. The number of unbranched alkanes of at least 4 members (excludes halogenated alkanes) is 25. The van der Waals surface area contributed by atoms with Gasteiger partial charge in [0, 0.05) is 12.8 Å². The summed E-state index contributed by atoms with van der Waals surface area (Å²) < 4.78 is 22.9. The third kappa shape index (κ3) is 56.0. The number of carbonyl (C=O) groups excluding carboxylic acids is 2. The van der Waals surface area contributed by atoms with Gasteiger partial charge in [-0.2, -0.15) is 0 Å². The predicted molar refractivity (Wildman–Crippen MR) is 309 cm³/mol. The van der Waals surface area contributed by atoms with Crippen molar-refractivity contribution in [2.24, 2.45) is 0 Å². The van der Waals surface area contributed by atoms with Crippen LogP contribution in [0.3, 0.4) is 0 Å². The Labute approximate surface area is 449 Å². The van der Waals surface area contributed by atoms with Crippen LogP contribution in [0.15, 0.2) is 85.1 Å². The second-order valence-electron chi connectivity index (χ2n) is 20.9. The lowest BCUT2D eigenvalue weighted by Gasteiger charge is -2.25. The van der Waals surface area contributed by atoms with E-state index >= 15 is 0 Å². The second-order valence-corrected chi connectivity index (χ2v) is 20.9. The number of aliphatic carboxylic acids is 1. The lowest BCUT2D eigenvalue weighted by atomic mass is 10.0. The Bertz CT molecular complexity index is 1470. The fraction of sp³-hybridized carbons (Fsp3) is 0.734. The molecule has 0 saturated carbocycles. The molecule has 9 nitrogen and oxygen atoms in total. The summed E-state index contributed by atoms with van der Waals surface area (Å²) in [7, 11) is 5.96. The summed E-state index contributed by atoms with van der Waals surface area (Å²) in [4.78, 5) is 37.4. The molecule has 0 spiro atoms. The SMILES string of the molecule is CC/C=C\C/C=C\C/C=C\C/C=C\C/C=C\CCCCCCCCCCCCCCCCCCCC(=O)OC(COC(=O)CCCCCCC/C=C\C/C=C\CCCCC)COC(OCC[N+](C)(C)C)C(=O)O. The predicted octanol–water partition coefficient (Wildman–Crippen LogP) is 17.6. The molecule has 0 aliphatic carbocycles. The van der Waals surface area contributed by atoms with E-state index in [2.05, 4.69) is 98.9 Å². The Morgan fingerprint density at radius 1 is 0.425 bits per heavy atom. The quantitative estimate of drug-likeness (QED) is 0.0211. The smallest absolute Gasteiger partial charge is 0.361 e. The first kappa shape index (κ1) is 69.5. The van der Waals surface area contributed by atoms with E-state index in [9.17, 15) is 19.5 Å². The number of likely N-dealkylation sites (N-methyl/N-ethyl adjacent to an activating group) is 1. The van der Waals surface area contributed by atoms with Crippen molar-refractivity contribution >= 4 is 17.9 Å². The Balaban J connectivity index is 4.13. The first-order valence-electron chi connectivity index (χ1n) is 29.8. The maximum atomic E-state index is 12.9. The van der Waals surface area contributed by atoms with Crippen molar-refractivity contribution in [1.82, 2.24) is 0 Å². The number of rotatable bonds is 54. The van der Waals surface area contributed by atoms with Crippen LogP contribution in [0.25, 0.3) is 0 Å². The summed E-state index contributed by atoms with van der Waals surface area (Å²) in [6, 6.07) is 0. The first-order chi connectivity index (χ1) is 35.6. The van der Waals surface area contributed by atoms with E-state index in [1.807, 2.05) is 21.1 Å². The van der Waals surface area contributed by atoms with E-state index in [1.54, 1.807) is 0 Å². The average Bonchev–Trinajstić information content (AvgIpc) is 3.36. The second kappa shape index (κ2) is 54.7. The lowest BCUT2D eigenvalue weighted by Crippen LogP contribution is -2.40. The normalized spacial score (nSPS) is 13.4. The minimum absolute atomic E-state index is 0.183. The number of allylic oxidation sites excluding steroid dienone is 14. The standard InChI is InChI=1S/C64H111NO8/c1-6-8-10-12-14-16-18-20-22-23-24-25-26-27-28-29-30-31-32-33-34-35-36-37-38-39-41-43-45-47-49-51-53-55-62(67)73-60(59-72-64(63(68)69)70-57-56-65(3,4)5)58-71-61(66)54-52-50-48-46-44-42-40-21-19-17-15-13-11-9-7-2/h8,10,14-17,20-22,24-25,27-28,40,60,64H,6-7,9,11-13,18-19,23,26,29-39,41-59H2,1-5H3/p+1/b10-8-,16-14-,17-15-,22-20-,25-24-,28-27-,40-21-. The van der Waals surface area contributed by atoms with Crippen molar-refractivity contribution in [3.8, 4) is 0 Å². The number of hydrogen-bond donors (Lipinski definition) is 1. The van der Waals surface area contributed by atoms with Gasteiger partial charge < -0.3 is 28.5 Å². The van der Waals surface area contributed by atoms with Gasteiger partial charge in [-0.1, -0.05) is 227 Å². The molecule has 9 heteroatoms. The zero-order valence-corrected chi connectivity index (χ0v) is 47.8.